The molecule has 2 aromatic carbocycles. The van der Waals surface area contributed by atoms with Crippen molar-refractivity contribution >= 4 is 12.0 Å². The smallest absolute Gasteiger partial charge is 0.407 e. The van der Waals surface area contributed by atoms with E-state index in [1.54, 1.807) is 25.7 Å². The summed E-state index contributed by atoms with van der Waals surface area (Å²) in [7, 11) is 0. The molecule has 40 heavy (non-hydrogen) atoms. The number of ether oxygens (including phenoxy) is 2. The van der Waals surface area contributed by atoms with Gasteiger partial charge in [0, 0.05) is 18.4 Å². The number of hydrogen-bond acceptors (Lipinski definition) is 5. The molecule has 9 heteroatoms. The lowest BCUT2D eigenvalue weighted by Gasteiger charge is -2.37. The molecule has 1 heterocycles. The highest BCUT2D eigenvalue weighted by Gasteiger charge is 2.54. The molecule has 2 aromatic rings. The average molecular weight is 559 g/mol. The third kappa shape index (κ3) is 6.63. The van der Waals surface area contributed by atoms with Gasteiger partial charge >= 0.3 is 6.09 Å². The van der Waals surface area contributed by atoms with Crippen LogP contribution in [0.4, 0.5) is 13.6 Å². The molecule has 2 aliphatic rings. The lowest BCUT2D eigenvalue weighted by molar-refractivity contribution is -0.153. The molecule has 0 bridgehead atoms. The van der Waals surface area contributed by atoms with E-state index in [0.717, 1.165) is 35.7 Å². The van der Waals surface area contributed by atoms with E-state index in [4.69, 9.17) is 9.47 Å². The molecular formula is C31H40F2N2O5. The monoisotopic (exact) mass is 558 g/mol. The van der Waals surface area contributed by atoms with Gasteiger partial charge in [0.05, 0.1) is 24.3 Å². The SMILES string of the molecule is CC[C@H](C[C@H](O)[C@H](Cc1cc(F)cc(F)c1)NC(=O)OC(C)(C)C)C(=O)N1[C@H]2c3ccccc3CC2OC1(C)C. The van der Waals surface area contributed by atoms with Crippen LogP contribution >= 0.6 is 0 Å². The van der Waals surface area contributed by atoms with Crippen LogP contribution in [0.2, 0.25) is 0 Å². The Kier molecular flexibility index (Phi) is 8.57. The minimum Gasteiger partial charge on any atom is -0.444 e. The van der Waals surface area contributed by atoms with Gasteiger partial charge in [-0.15, -0.1) is 0 Å². The second-order valence-corrected chi connectivity index (χ2v) is 12.3. The van der Waals surface area contributed by atoms with Crippen molar-refractivity contribution in [3.8, 4) is 0 Å². The Bertz CT molecular complexity index is 1220. The van der Waals surface area contributed by atoms with E-state index in [1.165, 1.54) is 0 Å². The van der Waals surface area contributed by atoms with Crippen molar-refractivity contribution in [2.75, 3.05) is 0 Å². The number of alkyl carbamates (subject to hydrolysis) is 1. The van der Waals surface area contributed by atoms with Crippen LogP contribution in [0.3, 0.4) is 0 Å². The first kappa shape index (κ1) is 29.9. The third-order valence-electron chi connectivity index (χ3n) is 7.60. The van der Waals surface area contributed by atoms with Crippen molar-refractivity contribution < 1.29 is 33.0 Å². The average Bonchev–Trinajstić information content (AvgIpc) is 3.29. The molecule has 1 saturated heterocycles. The van der Waals surface area contributed by atoms with Crippen molar-refractivity contribution in [3.05, 3.63) is 70.8 Å². The van der Waals surface area contributed by atoms with Gasteiger partial charge in [0.2, 0.25) is 5.91 Å². The first-order chi connectivity index (χ1) is 18.7. The number of carbonyl (C=O) groups excluding carboxylic acids is 2. The molecule has 5 atom stereocenters. The van der Waals surface area contributed by atoms with Crippen molar-refractivity contribution in [2.45, 2.75) is 103 Å². The van der Waals surface area contributed by atoms with Crippen LogP contribution in [0, 0.1) is 17.6 Å². The maximum Gasteiger partial charge on any atom is 0.407 e. The fourth-order valence-electron chi connectivity index (χ4n) is 5.93. The molecule has 2 N–H and O–H groups in total. The number of amides is 2. The highest BCUT2D eigenvalue weighted by atomic mass is 19.1. The number of benzene rings is 2. The highest BCUT2D eigenvalue weighted by Crippen LogP contribution is 2.49. The van der Waals surface area contributed by atoms with Crippen molar-refractivity contribution in [2.24, 2.45) is 5.92 Å². The molecule has 4 rings (SSSR count). The Morgan fingerprint density at radius 1 is 1.18 bits per heavy atom. The quantitative estimate of drug-likeness (QED) is 0.451. The van der Waals surface area contributed by atoms with Crippen LogP contribution < -0.4 is 5.32 Å². The van der Waals surface area contributed by atoms with Gasteiger partial charge in [0.1, 0.15) is 23.0 Å². The predicted molar refractivity (Wildman–Crippen MR) is 146 cm³/mol. The van der Waals surface area contributed by atoms with Crippen LogP contribution in [0.25, 0.3) is 0 Å². The highest BCUT2D eigenvalue weighted by molar-refractivity contribution is 5.80. The minimum atomic E-state index is -1.20. The molecule has 218 valence electrons. The van der Waals surface area contributed by atoms with Crippen LogP contribution in [-0.2, 0) is 27.1 Å². The van der Waals surface area contributed by atoms with Crippen molar-refractivity contribution in [1.29, 1.82) is 0 Å². The molecule has 1 aliphatic carbocycles. The van der Waals surface area contributed by atoms with Gasteiger partial charge in [-0.3, -0.25) is 4.79 Å². The second kappa shape index (κ2) is 11.4. The number of rotatable bonds is 8. The lowest BCUT2D eigenvalue weighted by Crippen LogP contribution is -2.50. The number of carbonyl (C=O) groups is 2. The zero-order valence-corrected chi connectivity index (χ0v) is 24.0. The summed E-state index contributed by atoms with van der Waals surface area (Å²) in [5.41, 5.74) is 0.853. The van der Waals surface area contributed by atoms with Crippen LogP contribution in [0.15, 0.2) is 42.5 Å². The predicted octanol–water partition coefficient (Wildman–Crippen LogP) is 5.44. The van der Waals surface area contributed by atoms with Crippen molar-refractivity contribution in [3.63, 3.8) is 0 Å². The number of halogens is 2. The van der Waals surface area contributed by atoms with Crippen LogP contribution in [0.1, 0.15) is 77.1 Å². The van der Waals surface area contributed by atoms with Gasteiger partial charge in [-0.05, 0) is 82.7 Å². The Morgan fingerprint density at radius 2 is 1.82 bits per heavy atom. The first-order valence-corrected chi connectivity index (χ1v) is 13.9. The summed E-state index contributed by atoms with van der Waals surface area (Å²) >= 11 is 0. The molecule has 2 amide bonds. The zero-order valence-electron chi connectivity index (χ0n) is 24.0. The van der Waals surface area contributed by atoms with E-state index in [1.807, 2.05) is 39.0 Å². The number of hydrogen-bond donors (Lipinski definition) is 2. The van der Waals surface area contributed by atoms with Crippen LogP contribution in [-0.4, -0.2) is 51.6 Å². The molecule has 0 radical (unpaired) electrons. The number of aliphatic hydroxyl groups excluding tert-OH is 1. The van der Waals surface area contributed by atoms with Gasteiger partial charge in [0.15, 0.2) is 0 Å². The van der Waals surface area contributed by atoms with Crippen LogP contribution in [0.5, 0.6) is 0 Å². The summed E-state index contributed by atoms with van der Waals surface area (Å²) in [5, 5.41) is 14.0. The van der Waals surface area contributed by atoms with Gasteiger partial charge in [-0.25, -0.2) is 13.6 Å². The Labute approximate surface area is 234 Å². The zero-order chi connectivity index (χ0) is 29.4. The van der Waals surface area contributed by atoms with E-state index in [2.05, 4.69) is 11.4 Å². The first-order valence-electron chi connectivity index (χ1n) is 13.9. The largest absolute Gasteiger partial charge is 0.444 e. The normalized spacial score (nSPS) is 21.8. The molecule has 0 spiro atoms. The van der Waals surface area contributed by atoms with E-state index >= 15 is 0 Å². The molecule has 1 fully saturated rings. The second-order valence-electron chi connectivity index (χ2n) is 12.3. The molecular weight excluding hydrogens is 518 g/mol. The maximum atomic E-state index is 14.1. The molecule has 1 aliphatic heterocycles. The summed E-state index contributed by atoms with van der Waals surface area (Å²) < 4.78 is 39.5. The number of nitrogens with one attached hydrogen (secondary N) is 1. The number of nitrogens with zero attached hydrogens (tertiary/aromatic N) is 1. The van der Waals surface area contributed by atoms with Gasteiger partial charge in [-0.1, -0.05) is 31.2 Å². The Morgan fingerprint density at radius 3 is 2.45 bits per heavy atom. The number of fused-ring (bicyclic) bond motifs is 3. The van der Waals surface area contributed by atoms with E-state index < -0.39 is 47.1 Å². The summed E-state index contributed by atoms with van der Waals surface area (Å²) in [6.45, 7) is 10.7. The summed E-state index contributed by atoms with van der Waals surface area (Å²) in [6.07, 6.45) is -0.994. The van der Waals surface area contributed by atoms with Gasteiger partial charge < -0.3 is 24.8 Å². The molecule has 1 unspecified atom stereocenters. The van der Waals surface area contributed by atoms with Crippen molar-refractivity contribution in [1.82, 2.24) is 10.2 Å². The standard InChI is InChI=1S/C31H40F2N2O5/c1-7-19(28(37)35-27-23-11-9-8-10-20(23)16-26(27)39-31(35,5)6)15-25(36)24(34-29(38)40-30(2,3)4)14-18-12-21(32)17-22(33)13-18/h8-13,17,19,24-27,36H,7,14-16H2,1-6H3,(H,34,38)/t19-,24+,25+,26?,27+/m1/s1. The molecule has 0 saturated carbocycles. The third-order valence-corrected chi connectivity index (χ3v) is 7.60. The molecule has 0 aromatic heterocycles. The Hall–Kier alpha value is -3.04. The Balaban J connectivity index is 1.56. The van der Waals surface area contributed by atoms with E-state index in [-0.39, 0.29) is 36.5 Å². The maximum absolute atomic E-state index is 14.1. The lowest BCUT2D eigenvalue weighted by atomic mass is 9.90. The van der Waals surface area contributed by atoms with Gasteiger partial charge in [-0.2, -0.15) is 0 Å². The van der Waals surface area contributed by atoms with E-state index in [9.17, 15) is 23.5 Å². The minimum absolute atomic E-state index is 0.0270. The van der Waals surface area contributed by atoms with Gasteiger partial charge in [0.25, 0.3) is 0 Å². The molecule has 7 nitrogen and oxygen atoms in total. The number of aliphatic hydroxyl groups is 1. The summed E-state index contributed by atoms with van der Waals surface area (Å²) in [4.78, 5) is 28.5. The topological polar surface area (TPSA) is 88.1 Å². The fourth-order valence-corrected chi connectivity index (χ4v) is 5.93. The summed E-state index contributed by atoms with van der Waals surface area (Å²) in [5.74, 6) is -2.25. The van der Waals surface area contributed by atoms with E-state index in [0.29, 0.717) is 6.42 Å². The fraction of sp³-hybridized carbons (Fsp3) is 0.548. The summed E-state index contributed by atoms with van der Waals surface area (Å²) in [6, 6.07) is 9.90.